The second kappa shape index (κ2) is 2.17. The van der Waals surface area contributed by atoms with Crippen LogP contribution in [-0.2, 0) is 0 Å². The van der Waals surface area contributed by atoms with Crippen molar-refractivity contribution >= 4 is 12.1 Å². The predicted octanol–water partition coefficient (Wildman–Crippen LogP) is 1.21. The van der Waals surface area contributed by atoms with Crippen molar-refractivity contribution in [3.63, 3.8) is 0 Å². The molecule has 52 valence electrons. The molecule has 0 amide bonds. The normalized spacial score (nSPS) is 19.7. The summed E-state index contributed by atoms with van der Waals surface area (Å²) in [5, 5.41) is 8.57. The molecule has 0 N–H and O–H groups in total. The summed E-state index contributed by atoms with van der Waals surface area (Å²) < 4.78 is 0. The van der Waals surface area contributed by atoms with E-state index in [9.17, 15) is 0 Å². The van der Waals surface area contributed by atoms with Crippen LogP contribution in [0.25, 0.3) is 0 Å². The van der Waals surface area contributed by atoms with Crippen LogP contribution in [0.4, 0.5) is 0 Å². The van der Waals surface area contributed by atoms with Crippen LogP contribution in [0.5, 0.6) is 0 Å². The first-order chi connectivity index (χ1) is 5.40. The maximum absolute atomic E-state index is 8.57. The molecule has 0 aromatic carbocycles. The Morgan fingerprint density at radius 3 is 3.18 bits per heavy atom. The molecule has 1 heterocycles. The van der Waals surface area contributed by atoms with Gasteiger partial charge in [0.15, 0.2) is 0 Å². The number of nitriles is 1. The Morgan fingerprint density at radius 2 is 2.36 bits per heavy atom. The Balaban J connectivity index is 2.39. The molecule has 0 aromatic heterocycles. The van der Waals surface area contributed by atoms with Crippen molar-refractivity contribution in [1.82, 2.24) is 0 Å². The molecule has 11 heavy (non-hydrogen) atoms. The minimum absolute atomic E-state index is 0.627. The minimum Gasteiger partial charge on any atom is -0.239 e. The molecule has 3 heteroatoms. The van der Waals surface area contributed by atoms with Crippen LogP contribution in [0.2, 0.25) is 0 Å². The van der Waals surface area contributed by atoms with E-state index in [1.807, 2.05) is 6.08 Å². The van der Waals surface area contributed by atoms with Gasteiger partial charge in [0, 0.05) is 12.0 Å². The maximum Gasteiger partial charge on any atom is 0.116 e. The summed E-state index contributed by atoms with van der Waals surface area (Å²) in [6.07, 6.45) is 5.76. The fraction of sp³-hybridized carbons (Fsp3) is 0.125. The summed E-state index contributed by atoms with van der Waals surface area (Å²) in [7, 11) is 0. The monoisotopic (exact) mass is 143 g/mol. The average molecular weight is 143 g/mol. The molecule has 2 rings (SSSR count). The Bertz CT molecular complexity index is 350. The Labute approximate surface area is 64.1 Å². The van der Waals surface area contributed by atoms with Gasteiger partial charge in [-0.2, -0.15) is 5.26 Å². The van der Waals surface area contributed by atoms with E-state index in [0.29, 0.717) is 6.42 Å². The van der Waals surface area contributed by atoms with Crippen LogP contribution < -0.4 is 0 Å². The van der Waals surface area contributed by atoms with Crippen LogP contribution in [0, 0.1) is 11.3 Å². The third-order valence-corrected chi connectivity index (χ3v) is 1.65. The molecular formula is C8H5N3. The molecule has 0 atom stereocenters. The first-order valence-corrected chi connectivity index (χ1v) is 3.31. The quantitative estimate of drug-likeness (QED) is 0.502. The molecular weight excluding hydrogens is 138 g/mol. The van der Waals surface area contributed by atoms with E-state index in [1.165, 1.54) is 6.34 Å². The number of fused-ring (bicyclic) bond motifs is 1. The molecule has 0 radical (unpaired) electrons. The van der Waals surface area contributed by atoms with E-state index >= 15 is 0 Å². The van der Waals surface area contributed by atoms with Gasteiger partial charge in [-0.05, 0) is 12.2 Å². The number of allylic oxidation sites excluding steroid dienone is 4. The number of rotatable bonds is 0. The lowest BCUT2D eigenvalue weighted by atomic mass is 10.0. The highest BCUT2D eigenvalue weighted by atomic mass is 15.0. The molecule has 0 bridgehead atoms. The lowest BCUT2D eigenvalue weighted by Gasteiger charge is -2.04. The molecule has 0 saturated heterocycles. The second-order valence-corrected chi connectivity index (χ2v) is 2.35. The van der Waals surface area contributed by atoms with Gasteiger partial charge >= 0.3 is 0 Å². The first kappa shape index (κ1) is 6.05. The van der Waals surface area contributed by atoms with Crippen molar-refractivity contribution in [2.45, 2.75) is 6.42 Å². The van der Waals surface area contributed by atoms with Gasteiger partial charge in [-0.15, -0.1) is 0 Å². The van der Waals surface area contributed by atoms with Crippen molar-refractivity contribution in [3.05, 3.63) is 23.4 Å². The number of hydrogen-bond acceptors (Lipinski definition) is 3. The summed E-state index contributed by atoms with van der Waals surface area (Å²) in [5.74, 6) is 0. The summed E-state index contributed by atoms with van der Waals surface area (Å²) in [6.45, 7) is 0. The van der Waals surface area contributed by atoms with Crippen LogP contribution in [0.3, 0.4) is 0 Å². The molecule has 1 aliphatic carbocycles. The smallest absolute Gasteiger partial charge is 0.116 e. The van der Waals surface area contributed by atoms with E-state index in [0.717, 1.165) is 17.0 Å². The highest BCUT2D eigenvalue weighted by Gasteiger charge is 2.14. The van der Waals surface area contributed by atoms with E-state index in [2.05, 4.69) is 16.1 Å². The SMILES string of the molecule is N#CC1=CC=C2N=CN=C2C1. The topological polar surface area (TPSA) is 48.5 Å². The summed E-state index contributed by atoms with van der Waals surface area (Å²) in [6, 6.07) is 2.10. The first-order valence-electron chi connectivity index (χ1n) is 3.31. The molecule has 0 unspecified atom stereocenters. The Kier molecular flexibility index (Phi) is 1.19. The fourth-order valence-electron chi connectivity index (χ4n) is 1.07. The fourth-order valence-corrected chi connectivity index (χ4v) is 1.07. The van der Waals surface area contributed by atoms with Crippen LogP contribution >= 0.6 is 0 Å². The summed E-state index contributed by atoms with van der Waals surface area (Å²) >= 11 is 0. The van der Waals surface area contributed by atoms with Crippen molar-refractivity contribution in [2.75, 3.05) is 0 Å². The highest BCUT2D eigenvalue weighted by molar-refractivity contribution is 6.10. The number of aliphatic imine (C=N–C) groups is 2. The lowest BCUT2D eigenvalue weighted by molar-refractivity contribution is 1.28. The van der Waals surface area contributed by atoms with Gasteiger partial charge in [0.2, 0.25) is 0 Å². The Morgan fingerprint density at radius 1 is 1.45 bits per heavy atom. The number of nitrogens with zero attached hydrogens (tertiary/aromatic N) is 3. The van der Waals surface area contributed by atoms with Gasteiger partial charge in [0.05, 0.1) is 17.5 Å². The Hall–Kier alpha value is -1.69. The van der Waals surface area contributed by atoms with E-state index in [-0.39, 0.29) is 0 Å². The summed E-state index contributed by atoms with van der Waals surface area (Å²) in [5.41, 5.74) is 2.55. The third kappa shape index (κ3) is 0.887. The van der Waals surface area contributed by atoms with Crippen molar-refractivity contribution in [2.24, 2.45) is 9.98 Å². The maximum atomic E-state index is 8.57. The second-order valence-electron chi connectivity index (χ2n) is 2.35. The van der Waals surface area contributed by atoms with E-state index < -0.39 is 0 Å². The molecule has 0 aromatic rings. The molecule has 0 saturated carbocycles. The molecule has 0 spiro atoms. The van der Waals surface area contributed by atoms with Gasteiger partial charge in [-0.25, -0.2) is 9.98 Å². The van der Waals surface area contributed by atoms with Gasteiger partial charge in [-0.3, -0.25) is 0 Å². The van der Waals surface area contributed by atoms with Crippen LogP contribution in [0.15, 0.2) is 33.4 Å². The summed E-state index contributed by atoms with van der Waals surface area (Å²) in [4.78, 5) is 8.03. The number of hydrogen-bond donors (Lipinski definition) is 0. The van der Waals surface area contributed by atoms with Crippen molar-refractivity contribution in [1.29, 1.82) is 5.26 Å². The third-order valence-electron chi connectivity index (χ3n) is 1.65. The standard InChI is InChI=1S/C8H5N3/c9-4-6-1-2-7-8(3-6)11-5-10-7/h1-2,5H,3H2. The average Bonchev–Trinajstić information content (AvgIpc) is 2.50. The van der Waals surface area contributed by atoms with E-state index in [1.54, 1.807) is 6.08 Å². The minimum atomic E-state index is 0.627. The van der Waals surface area contributed by atoms with Gasteiger partial charge in [0.25, 0.3) is 0 Å². The van der Waals surface area contributed by atoms with Crippen molar-refractivity contribution in [3.8, 4) is 6.07 Å². The van der Waals surface area contributed by atoms with Crippen LogP contribution in [0.1, 0.15) is 6.42 Å². The van der Waals surface area contributed by atoms with Crippen LogP contribution in [-0.4, -0.2) is 12.1 Å². The zero-order valence-electron chi connectivity index (χ0n) is 5.78. The lowest BCUT2D eigenvalue weighted by Crippen LogP contribution is -2.02. The van der Waals surface area contributed by atoms with E-state index in [4.69, 9.17) is 5.26 Å². The highest BCUT2D eigenvalue weighted by Crippen LogP contribution is 2.18. The van der Waals surface area contributed by atoms with Gasteiger partial charge in [0.1, 0.15) is 6.34 Å². The molecule has 3 nitrogen and oxygen atoms in total. The zero-order valence-corrected chi connectivity index (χ0v) is 5.78. The zero-order chi connectivity index (χ0) is 7.68. The van der Waals surface area contributed by atoms with Gasteiger partial charge < -0.3 is 0 Å². The predicted molar refractivity (Wildman–Crippen MR) is 42.3 cm³/mol. The van der Waals surface area contributed by atoms with Gasteiger partial charge in [-0.1, -0.05) is 0 Å². The molecule has 2 aliphatic rings. The molecule has 0 fully saturated rings. The molecule has 1 aliphatic heterocycles. The largest absolute Gasteiger partial charge is 0.239 e. The van der Waals surface area contributed by atoms with Crippen molar-refractivity contribution < 1.29 is 0 Å².